The quantitative estimate of drug-likeness (QED) is 0.343. The van der Waals surface area contributed by atoms with Crippen molar-refractivity contribution in [3.8, 4) is 22.8 Å². The third-order valence-corrected chi connectivity index (χ3v) is 7.46. The second kappa shape index (κ2) is 10.8. The molecule has 35 heavy (non-hydrogen) atoms. The molecule has 5 rings (SSSR count). The van der Waals surface area contributed by atoms with Crippen LogP contribution < -0.4 is 4.74 Å². The number of piperidine rings is 1. The number of benzene rings is 2. The first kappa shape index (κ1) is 23.8. The van der Waals surface area contributed by atoms with Crippen LogP contribution in [0.15, 0.2) is 59.8 Å². The van der Waals surface area contributed by atoms with Crippen LogP contribution in [0.3, 0.4) is 0 Å². The van der Waals surface area contributed by atoms with Gasteiger partial charge in [0.1, 0.15) is 5.75 Å². The zero-order chi connectivity index (χ0) is 24.1. The third-order valence-electron chi connectivity index (χ3n) is 6.45. The summed E-state index contributed by atoms with van der Waals surface area (Å²) in [7, 11) is 1.66. The second-order valence-electron chi connectivity index (χ2n) is 8.62. The number of ether oxygens (including phenoxy) is 3. The van der Waals surface area contributed by atoms with Gasteiger partial charge in [-0.25, -0.2) is 0 Å². The average molecular weight is 495 g/mol. The number of likely N-dealkylation sites (tertiary alicyclic amines) is 1. The molecule has 0 atom stereocenters. The van der Waals surface area contributed by atoms with E-state index in [2.05, 4.69) is 10.2 Å². The largest absolute Gasteiger partial charge is 0.495 e. The first-order valence-electron chi connectivity index (χ1n) is 12.0. The van der Waals surface area contributed by atoms with Crippen molar-refractivity contribution in [3.63, 3.8) is 0 Å². The Kier molecular flexibility index (Phi) is 7.36. The monoisotopic (exact) mass is 494 g/mol. The molecular weight excluding hydrogens is 464 g/mol. The summed E-state index contributed by atoms with van der Waals surface area (Å²) in [5.74, 6) is 2.00. The van der Waals surface area contributed by atoms with E-state index in [1.54, 1.807) is 18.9 Å². The zero-order valence-electron chi connectivity index (χ0n) is 19.9. The van der Waals surface area contributed by atoms with Crippen molar-refractivity contribution >= 4 is 17.7 Å². The Bertz CT molecular complexity index is 1140. The summed E-state index contributed by atoms with van der Waals surface area (Å²) in [4.78, 5) is 14.7. The summed E-state index contributed by atoms with van der Waals surface area (Å²) in [5.41, 5.74) is 1.86. The van der Waals surface area contributed by atoms with Gasteiger partial charge in [0, 0.05) is 43.7 Å². The number of aromatic nitrogens is 3. The highest BCUT2D eigenvalue weighted by molar-refractivity contribution is 7.99. The van der Waals surface area contributed by atoms with E-state index < -0.39 is 5.79 Å². The van der Waals surface area contributed by atoms with Gasteiger partial charge in [-0.2, -0.15) is 0 Å². The maximum absolute atomic E-state index is 12.8. The maximum Gasteiger partial charge on any atom is 0.222 e. The van der Waals surface area contributed by atoms with Gasteiger partial charge in [-0.3, -0.25) is 9.36 Å². The van der Waals surface area contributed by atoms with Crippen LogP contribution >= 0.6 is 11.8 Å². The number of thioether (sulfide) groups is 1. The lowest BCUT2D eigenvalue weighted by molar-refractivity contribution is -0.187. The van der Waals surface area contributed by atoms with E-state index in [-0.39, 0.29) is 5.91 Å². The fraction of sp³-hybridized carbons (Fsp3) is 0.423. The lowest BCUT2D eigenvalue weighted by Crippen LogP contribution is -2.47. The van der Waals surface area contributed by atoms with Gasteiger partial charge in [0.2, 0.25) is 5.91 Å². The molecule has 2 saturated heterocycles. The summed E-state index contributed by atoms with van der Waals surface area (Å²) in [6, 6.07) is 17.9. The highest BCUT2D eigenvalue weighted by Gasteiger charge is 2.40. The van der Waals surface area contributed by atoms with E-state index in [1.165, 1.54) is 0 Å². The lowest BCUT2D eigenvalue weighted by atomic mass is 10.0. The predicted molar refractivity (Wildman–Crippen MR) is 134 cm³/mol. The maximum atomic E-state index is 12.8. The molecule has 1 aromatic heterocycles. The van der Waals surface area contributed by atoms with Gasteiger partial charge in [0.05, 0.1) is 26.0 Å². The normalized spacial score (nSPS) is 17.1. The van der Waals surface area contributed by atoms with Crippen LogP contribution in [0.2, 0.25) is 0 Å². The minimum Gasteiger partial charge on any atom is -0.495 e. The number of para-hydroxylation sites is 2. The molecule has 0 saturated carbocycles. The van der Waals surface area contributed by atoms with E-state index in [0.717, 1.165) is 53.0 Å². The molecule has 2 aliphatic rings. The van der Waals surface area contributed by atoms with E-state index in [0.29, 0.717) is 32.7 Å². The molecule has 1 spiro atoms. The van der Waals surface area contributed by atoms with Crippen molar-refractivity contribution in [1.82, 2.24) is 19.7 Å². The topological polar surface area (TPSA) is 78.7 Å². The summed E-state index contributed by atoms with van der Waals surface area (Å²) in [6.07, 6.45) is 2.77. The number of carbonyl (C=O) groups excluding carboxylic acids is 1. The Hall–Kier alpha value is -2.88. The zero-order valence-corrected chi connectivity index (χ0v) is 20.7. The smallest absolute Gasteiger partial charge is 0.222 e. The molecule has 2 fully saturated rings. The summed E-state index contributed by atoms with van der Waals surface area (Å²) in [5, 5.41) is 9.76. The van der Waals surface area contributed by atoms with Gasteiger partial charge >= 0.3 is 0 Å². The van der Waals surface area contributed by atoms with Crippen LogP contribution in [-0.2, 0) is 14.3 Å². The van der Waals surface area contributed by atoms with Crippen LogP contribution in [0.4, 0.5) is 0 Å². The van der Waals surface area contributed by atoms with Gasteiger partial charge in [0.25, 0.3) is 0 Å². The summed E-state index contributed by atoms with van der Waals surface area (Å²) >= 11 is 1.60. The molecule has 0 bridgehead atoms. The van der Waals surface area contributed by atoms with Crippen LogP contribution in [-0.4, -0.2) is 70.5 Å². The molecule has 1 amide bonds. The molecular formula is C26H30N4O4S. The number of carbonyl (C=O) groups is 1. The van der Waals surface area contributed by atoms with Gasteiger partial charge in [-0.15, -0.1) is 10.2 Å². The van der Waals surface area contributed by atoms with E-state index in [4.69, 9.17) is 14.2 Å². The van der Waals surface area contributed by atoms with E-state index in [9.17, 15) is 4.79 Å². The van der Waals surface area contributed by atoms with Gasteiger partial charge < -0.3 is 19.1 Å². The first-order valence-corrected chi connectivity index (χ1v) is 13.0. The molecule has 0 N–H and O–H groups in total. The molecule has 9 heteroatoms. The molecule has 0 aliphatic carbocycles. The highest BCUT2D eigenvalue weighted by Crippen LogP contribution is 2.33. The Morgan fingerprint density at radius 2 is 1.74 bits per heavy atom. The fourth-order valence-electron chi connectivity index (χ4n) is 4.60. The number of methoxy groups -OCH3 is 1. The number of hydrogen-bond acceptors (Lipinski definition) is 7. The Morgan fingerprint density at radius 3 is 2.49 bits per heavy atom. The van der Waals surface area contributed by atoms with Crippen LogP contribution in [0.5, 0.6) is 5.75 Å². The van der Waals surface area contributed by atoms with Crippen molar-refractivity contribution < 1.29 is 19.0 Å². The van der Waals surface area contributed by atoms with Crippen molar-refractivity contribution in [2.75, 3.05) is 39.2 Å². The standard InChI is InChI=1S/C26H30N4O4S/c1-32-22-11-6-5-10-21(22)30-24(20-8-3-2-4-9-20)27-28-25(30)35-19-7-12-23(31)29-15-13-26(14-16-29)33-17-18-34-26/h2-6,8-11H,7,12-19H2,1H3. The van der Waals surface area contributed by atoms with E-state index >= 15 is 0 Å². The molecule has 3 heterocycles. The Labute approximate surface area is 209 Å². The van der Waals surface area contributed by atoms with E-state index in [1.807, 2.05) is 64.1 Å². The number of hydrogen-bond donors (Lipinski definition) is 0. The molecule has 0 radical (unpaired) electrons. The number of rotatable bonds is 8. The average Bonchev–Trinajstić information content (AvgIpc) is 3.54. The molecule has 2 aromatic carbocycles. The van der Waals surface area contributed by atoms with Crippen molar-refractivity contribution in [3.05, 3.63) is 54.6 Å². The molecule has 0 unspecified atom stereocenters. The fourth-order valence-corrected chi connectivity index (χ4v) is 5.48. The first-order chi connectivity index (χ1) is 17.2. The number of amides is 1. The summed E-state index contributed by atoms with van der Waals surface area (Å²) < 4.78 is 19.2. The molecule has 3 aromatic rings. The van der Waals surface area contributed by atoms with Crippen molar-refractivity contribution in [2.45, 2.75) is 36.6 Å². The molecule has 2 aliphatic heterocycles. The van der Waals surface area contributed by atoms with Crippen molar-refractivity contribution in [1.29, 1.82) is 0 Å². The summed E-state index contributed by atoms with van der Waals surface area (Å²) in [6.45, 7) is 2.68. The highest BCUT2D eigenvalue weighted by atomic mass is 32.2. The molecule has 184 valence electrons. The third kappa shape index (κ3) is 5.22. The second-order valence-corrected chi connectivity index (χ2v) is 9.68. The lowest BCUT2D eigenvalue weighted by Gasteiger charge is -2.37. The van der Waals surface area contributed by atoms with Crippen molar-refractivity contribution in [2.24, 2.45) is 0 Å². The number of nitrogens with zero attached hydrogens (tertiary/aromatic N) is 4. The molecule has 8 nitrogen and oxygen atoms in total. The van der Waals surface area contributed by atoms with Crippen LogP contribution in [0, 0.1) is 0 Å². The van der Waals surface area contributed by atoms with Gasteiger partial charge in [-0.05, 0) is 18.6 Å². The minimum absolute atomic E-state index is 0.189. The van der Waals surface area contributed by atoms with Crippen LogP contribution in [0.25, 0.3) is 17.1 Å². The van der Waals surface area contributed by atoms with Gasteiger partial charge in [-0.1, -0.05) is 54.2 Å². The van der Waals surface area contributed by atoms with Gasteiger partial charge in [0.15, 0.2) is 16.8 Å². The minimum atomic E-state index is -0.453. The Morgan fingerprint density at radius 1 is 1.03 bits per heavy atom. The Balaban J connectivity index is 1.23. The van der Waals surface area contributed by atoms with Crippen LogP contribution in [0.1, 0.15) is 25.7 Å². The SMILES string of the molecule is COc1ccccc1-n1c(SCCCC(=O)N2CCC3(CC2)OCCO3)nnc1-c1ccccc1. The predicted octanol–water partition coefficient (Wildman–Crippen LogP) is 4.18.